The Morgan fingerprint density at radius 3 is 2.78 bits per heavy atom. The van der Waals surface area contributed by atoms with Gasteiger partial charge in [0.1, 0.15) is 0 Å². The van der Waals surface area contributed by atoms with Crippen LogP contribution in [0, 0.1) is 0 Å². The lowest BCUT2D eigenvalue weighted by molar-refractivity contribution is 0.0895. The van der Waals surface area contributed by atoms with Gasteiger partial charge in [-0.15, -0.1) is 0 Å². The molecular formula is C14H17NO3. The van der Waals surface area contributed by atoms with E-state index in [1.54, 1.807) is 24.3 Å². The average molecular weight is 247 g/mol. The number of oxazole rings is 1. The largest absolute Gasteiger partial charge is 0.426 e. The summed E-state index contributed by atoms with van der Waals surface area (Å²) in [5.74, 6) is -0.766. The topological polar surface area (TPSA) is 52.2 Å². The molecule has 1 aromatic carbocycles. The van der Waals surface area contributed by atoms with E-state index in [9.17, 15) is 9.59 Å². The van der Waals surface area contributed by atoms with Crippen molar-refractivity contribution in [2.45, 2.75) is 39.0 Å². The summed E-state index contributed by atoms with van der Waals surface area (Å²) in [6.07, 6.45) is 4.48. The van der Waals surface area contributed by atoms with Crippen molar-refractivity contribution in [1.29, 1.82) is 0 Å². The molecule has 4 heteroatoms. The fourth-order valence-corrected chi connectivity index (χ4v) is 2.02. The zero-order chi connectivity index (χ0) is 13.0. The summed E-state index contributed by atoms with van der Waals surface area (Å²) in [6.45, 7) is 2.12. The van der Waals surface area contributed by atoms with Gasteiger partial charge >= 0.3 is 5.76 Å². The van der Waals surface area contributed by atoms with Crippen molar-refractivity contribution < 1.29 is 9.21 Å². The number of para-hydroxylation sites is 2. The van der Waals surface area contributed by atoms with Crippen molar-refractivity contribution >= 4 is 17.0 Å². The number of nitrogens with zero attached hydrogens (tertiary/aromatic N) is 1. The third-order valence-electron chi connectivity index (χ3n) is 2.98. The van der Waals surface area contributed by atoms with Crippen molar-refractivity contribution in [2.75, 3.05) is 0 Å². The Labute approximate surface area is 105 Å². The fourth-order valence-electron chi connectivity index (χ4n) is 2.02. The number of hydrogen-bond acceptors (Lipinski definition) is 3. The van der Waals surface area contributed by atoms with Gasteiger partial charge in [-0.2, -0.15) is 0 Å². The lowest BCUT2D eigenvalue weighted by atomic mass is 10.1. The fraction of sp³-hybridized carbons (Fsp3) is 0.429. The van der Waals surface area contributed by atoms with Crippen LogP contribution < -0.4 is 5.76 Å². The second-order valence-electron chi connectivity index (χ2n) is 4.38. The Morgan fingerprint density at radius 1 is 1.22 bits per heavy atom. The third kappa shape index (κ3) is 2.53. The minimum absolute atomic E-state index is 0.180. The monoisotopic (exact) mass is 247 g/mol. The first kappa shape index (κ1) is 12.6. The molecule has 0 atom stereocenters. The van der Waals surface area contributed by atoms with E-state index in [1.807, 2.05) is 0 Å². The van der Waals surface area contributed by atoms with Gasteiger partial charge in [0, 0.05) is 6.42 Å². The van der Waals surface area contributed by atoms with E-state index < -0.39 is 5.76 Å². The van der Waals surface area contributed by atoms with Gasteiger partial charge < -0.3 is 4.42 Å². The van der Waals surface area contributed by atoms with Gasteiger partial charge in [0.15, 0.2) is 5.58 Å². The van der Waals surface area contributed by atoms with Crippen LogP contribution in [-0.2, 0) is 0 Å². The molecule has 2 aromatic rings. The molecule has 0 aliphatic rings. The normalized spacial score (nSPS) is 10.9. The molecular weight excluding hydrogens is 230 g/mol. The standard InChI is InChI=1S/C14H17NO3/c1-2-3-4-5-10-13(16)15-11-8-6-7-9-12(11)18-14(15)17/h6-9H,2-5,10H2,1H3. The van der Waals surface area contributed by atoms with Gasteiger partial charge in [-0.3, -0.25) is 4.79 Å². The molecule has 18 heavy (non-hydrogen) atoms. The van der Waals surface area contributed by atoms with Crippen molar-refractivity contribution in [1.82, 2.24) is 4.57 Å². The van der Waals surface area contributed by atoms with Crippen molar-refractivity contribution in [3.05, 3.63) is 34.8 Å². The van der Waals surface area contributed by atoms with Crippen LogP contribution in [0.1, 0.15) is 43.8 Å². The van der Waals surface area contributed by atoms with Gasteiger partial charge in [0.25, 0.3) is 0 Å². The summed E-state index contributed by atoms with van der Waals surface area (Å²) < 4.78 is 6.17. The van der Waals surface area contributed by atoms with E-state index in [1.165, 1.54) is 0 Å². The average Bonchev–Trinajstić information content (AvgIpc) is 2.70. The smallest absolute Gasteiger partial charge is 0.407 e. The van der Waals surface area contributed by atoms with Crippen molar-refractivity contribution in [2.24, 2.45) is 0 Å². The number of benzene rings is 1. The number of hydrogen-bond donors (Lipinski definition) is 0. The number of unbranched alkanes of at least 4 members (excludes halogenated alkanes) is 3. The summed E-state index contributed by atoms with van der Waals surface area (Å²) in [4.78, 5) is 23.7. The van der Waals surface area contributed by atoms with Crippen LogP contribution in [0.15, 0.2) is 33.5 Å². The maximum atomic E-state index is 12.0. The van der Waals surface area contributed by atoms with Crippen LogP contribution in [0.5, 0.6) is 0 Å². The molecule has 0 aliphatic carbocycles. The first-order valence-corrected chi connectivity index (χ1v) is 6.38. The number of rotatable bonds is 5. The predicted octanol–water partition coefficient (Wildman–Crippen LogP) is 3.21. The number of carbonyl (C=O) groups excluding carboxylic acids is 1. The molecule has 0 spiro atoms. The molecule has 0 N–H and O–H groups in total. The van der Waals surface area contributed by atoms with Gasteiger partial charge in [-0.1, -0.05) is 38.3 Å². The zero-order valence-corrected chi connectivity index (χ0v) is 10.5. The Balaban J connectivity index is 2.17. The second-order valence-corrected chi connectivity index (χ2v) is 4.38. The molecule has 1 aromatic heterocycles. The third-order valence-corrected chi connectivity index (χ3v) is 2.98. The summed E-state index contributed by atoms with van der Waals surface area (Å²) in [7, 11) is 0. The molecule has 0 fully saturated rings. The van der Waals surface area contributed by atoms with E-state index in [4.69, 9.17) is 4.42 Å². The molecule has 0 bridgehead atoms. The van der Waals surface area contributed by atoms with Crippen molar-refractivity contribution in [3.63, 3.8) is 0 Å². The summed E-state index contributed by atoms with van der Waals surface area (Å²) in [5.41, 5.74) is 1.02. The van der Waals surface area contributed by atoms with Crippen LogP contribution in [0.3, 0.4) is 0 Å². The Morgan fingerprint density at radius 2 is 2.00 bits per heavy atom. The molecule has 2 rings (SSSR count). The summed E-state index contributed by atoms with van der Waals surface area (Å²) >= 11 is 0. The Kier molecular flexibility index (Phi) is 3.97. The van der Waals surface area contributed by atoms with E-state index in [0.29, 0.717) is 17.5 Å². The van der Waals surface area contributed by atoms with Gasteiger partial charge in [-0.25, -0.2) is 9.36 Å². The minimum Gasteiger partial charge on any atom is -0.407 e. The van der Waals surface area contributed by atoms with Crippen LogP contribution >= 0.6 is 0 Å². The minimum atomic E-state index is -0.586. The van der Waals surface area contributed by atoms with Crippen LogP contribution in [0.4, 0.5) is 0 Å². The lowest BCUT2D eigenvalue weighted by Crippen LogP contribution is -2.22. The highest BCUT2D eigenvalue weighted by Gasteiger charge is 2.14. The first-order valence-electron chi connectivity index (χ1n) is 6.38. The lowest BCUT2D eigenvalue weighted by Gasteiger charge is -2.00. The van der Waals surface area contributed by atoms with E-state index in [0.717, 1.165) is 30.3 Å². The maximum Gasteiger partial charge on any atom is 0.426 e. The molecule has 1 heterocycles. The first-order chi connectivity index (χ1) is 8.74. The molecule has 0 saturated heterocycles. The Bertz CT molecular complexity index is 594. The molecule has 0 unspecified atom stereocenters. The van der Waals surface area contributed by atoms with E-state index >= 15 is 0 Å². The second kappa shape index (κ2) is 5.67. The summed E-state index contributed by atoms with van der Waals surface area (Å²) in [6, 6.07) is 6.99. The molecule has 0 radical (unpaired) electrons. The van der Waals surface area contributed by atoms with Crippen LogP contribution in [0.2, 0.25) is 0 Å². The highest BCUT2D eigenvalue weighted by molar-refractivity contribution is 5.88. The van der Waals surface area contributed by atoms with Gasteiger partial charge in [0.2, 0.25) is 5.91 Å². The quantitative estimate of drug-likeness (QED) is 0.762. The predicted molar refractivity (Wildman–Crippen MR) is 69.9 cm³/mol. The number of aromatic nitrogens is 1. The highest BCUT2D eigenvalue weighted by atomic mass is 16.4. The Hall–Kier alpha value is -1.84. The van der Waals surface area contributed by atoms with E-state index in [2.05, 4.69) is 6.92 Å². The highest BCUT2D eigenvalue weighted by Crippen LogP contribution is 2.13. The van der Waals surface area contributed by atoms with Crippen LogP contribution in [0.25, 0.3) is 11.1 Å². The number of carbonyl (C=O) groups is 1. The molecule has 0 aliphatic heterocycles. The number of fused-ring (bicyclic) bond motifs is 1. The SMILES string of the molecule is CCCCCCC(=O)n1c(=O)oc2ccccc21. The van der Waals surface area contributed by atoms with Crippen molar-refractivity contribution in [3.8, 4) is 0 Å². The van der Waals surface area contributed by atoms with E-state index in [-0.39, 0.29) is 5.91 Å². The zero-order valence-electron chi connectivity index (χ0n) is 10.5. The molecule has 0 amide bonds. The molecule has 4 nitrogen and oxygen atoms in total. The summed E-state index contributed by atoms with van der Waals surface area (Å²) in [5, 5.41) is 0. The molecule has 0 saturated carbocycles. The van der Waals surface area contributed by atoms with Gasteiger partial charge in [0.05, 0.1) is 5.52 Å². The van der Waals surface area contributed by atoms with Gasteiger partial charge in [-0.05, 0) is 18.6 Å². The van der Waals surface area contributed by atoms with Crippen LogP contribution in [-0.4, -0.2) is 10.5 Å². The molecule has 96 valence electrons. The maximum absolute atomic E-state index is 12.0.